The Morgan fingerprint density at radius 2 is 2.00 bits per heavy atom. The molecule has 5 nitrogen and oxygen atoms in total. The molecule has 0 unspecified atom stereocenters. The molecule has 0 bridgehead atoms. The van der Waals surface area contributed by atoms with E-state index in [-0.39, 0.29) is 5.91 Å². The molecule has 0 aliphatic carbocycles. The van der Waals surface area contributed by atoms with E-state index < -0.39 is 0 Å². The topological polar surface area (TPSA) is 68.3 Å². The summed E-state index contributed by atoms with van der Waals surface area (Å²) < 4.78 is 10.2. The Morgan fingerprint density at radius 3 is 2.77 bits per heavy atom. The van der Waals surface area contributed by atoms with Crippen LogP contribution >= 0.6 is 0 Å². The van der Waals surface area contributed by atoms with Crippen molar-refractivity contribution in [3.8, 4) is 11.3 Å². The van der Waals surface area contributed by atoms with Crippen LogP contribution in [-0.4, -0.2) is 11.1 Å². The zero-order valence-electron chi connectivity index (χ0n) is 12.0. The molecule has 1 aromatic carbocycles. The SMILES string of the molecule is O=C(CCc1conc1-c1ccccc1)NCc1ccco1. The number of benzene rings is 1. The molecular weight excluding hydrogens is 280 g/mol. The maximum absolute atomic E-state index is 11.9. The van der Waals surface area contributed by atoms with Crippen LogP contribution in [0.4, 0.5) is 0 Å². The molecule has 0 fully saturated rings. The van der Waals surface area contributed by atoms with Crippen LogP contribution in [0.15, 0.2) is 63.9 Å². The molecule has 0 aliphatic rings. The number of nitrogens with zero attached hydrogens (tertiary/aromatic N) is 1. The van der Waals surface area contributed by atoms with Crippen LogP contribution in [0.25, 0.3) is 11.3 Å². The molecule has 3 rings (SSSR count). The smallest absolute Gasteiger partial charge is 0.220 e. The highest BCUT2D eigenvalue weighted by atomic mass is 16.5. The highest BCUT2D eigenvalue weighted by Gasteiger charge is 2.11. The van der Waals surface area contributed by atoms with E-state index in [1.165, 1.54) is 0 Å². The van der Waals surface area contributed by atoms with Crippen molar-refractivity contribution in [2.75, 3.05) is 0 Å². The van der Waals surface area contributed by atoms with Gasteiger partial charge in [-0.2, -0.15) is 0 Å². The van der Waals surface area contributed by atoms with Crippen LogP contribution in [0.5, 0.6) is 0 Å². The second-order valence-electron chi connectivity index (χ2n) is 4.91. The van der Waals surface area contributed by atoms with Gasteiger partial charge in [0.2, 0.25) is 5.91 Å². The summed E-state index contributed by atoms with van der Waals surface area (Å²) in [6, 6.07) is 13.4. The number of hydrogen-bond acceptors (Lipinski definition) is 4. The summed E-state index contributed by atoms with van der Waals surface area (Å²) in [6.07, 6.45) is 4.15. The Hall–Kier alpha value is -2.82. The van der Waals surface area contributed by atoms with Gasteiger partial charge < -0.3 is 14.3 Å². The molecule has 112 valence electrons. The van der Waals surface area contributed by atoms with Crippen LogP contribution in [0.2, 0.25) is 0 Å². The van der Waals surface area contributed by atoms with Crippen molar-refractivity contribution in [3.63, 3.8) is 0 Å². The minimum atomic E-state index is -0.0309. The van der Waals surface area contributed by atoms with E-state index in [4.69, 9.17) is 8.94 Å². The van der Waals surface area contributed by atoms with Gasteiger partial charge in [-0.3, -0.25) is 4.79 Å². The fourth-order valence-corrected chi connectivity index (χ4v) is 2.20. The van der Waals surface area contributed by atoms with Crippen LogP contribution in [-0.2, 0) is 17.8 Å². The van der Waals surface area contributed by atoms with Gasteiger partial charge >= 0.3 is 0 Å². The van der Waals surface area contributed by atoms with E-state index in [2.05, 4.69) is 10.5 Å². The van der Waals surface area contributed by atoms with Gasteiger partial charge in [0.15, 0.2) is 0 Å². The number of hydrogen-bond donors (Lipinski definition) is 1. The Kier molecular flexibility index (Phi) is 4.34. The van der Waals surface area contributed by atoms with E-state index in [0.717, 1.165) is 22.6 Å². The van der Waals surface area contributed by atoms with Gasteiger partial charge in [-0.1, -0.05) is 35.5 Å². The monoisotopic (exact) mass is 296 g/mol. The van der Waals surface area contributed by atoms with Crippen LogP contribution in [0.3, 0.4) is 0 Å². The number of carbonyl (C=O) groups excluding carboxylic acids is 1. The van der Waals surface area contributed by atoms with Gasteiger partial charge in [-0.15, -0.1) is 0 Å². The van der Waals surface area contributed by atoms with Gasteiger partial charge in [0.1, 0.15) is 17.7 Å². The number of amides is 1. The molecule has 5 heteroatoms. The predicted molar refractivity (Wildman–Crippen MR) is 80.8 cm³/mol. The first-order chi connectivity index (χ1) is 10.8. The number of aryl methyl sites for hydroxylation is 1. The number of aromatic nitrogens is 1. The molecule has 1 amide bonds. The van der Waals surface area contributed by atoms with Crippen molar-refractivity contribution in [1.29, 1.82) is 0 Å². The number of nitrogens with one attached hydrogen (secondary N) is 1. The van der Waals surface area contributed by atoms with Crippen molar-refractivity contribution in [3.05, 3.63) is 66.3 Å². The highest BCUT2D eigenvalue weighted by molar-refractivity contribution is 5.76. The number of furan rings is 1. The normalized spacial score (nSPS) is 10.5. The molecule has 0 radical (unpaired) electrons. The van der Waals surface area contributed by atoms with Crippen molar-refractivity contribution in [2.24, 2.45) is 0 Å². The summed E-state index contributed by atoms with van der Waals surface area (Å²) in [6.45, 7) is 0.404. The minimum Gasteiger partial charge on any atom is -0.467 e. The Bertz CT molecular complexity index is 717. The maximum Gasteiger partial charge on any atom is 0.220 e. The molecule has 2 heterocycles. The number of carbonyl (C=O) groups is 1. The predicted octanol–water partition coefficient (Wildman–Crippen LogP) is 3.18. The lowest BCUT2D eigenvalue weighted by molar-refractivity contribution is -0.121. The van der Waals surface area contributed by atoms with Crippen LogP contribution < -0.4 is 5.32 Å². The molecule has 1 N–H and O–H groups in total. The van der Waals surface area contributed by atoms with Crippen LogP contribution in [0.1, 0.15) is 17.7 Å². The molecule has 2 aromatic heterocycles. The van der Waals surface area contributed by atoms with E-state index >= 15 is 0 Å². The van der Waals surface area contributed by atoms with Crippen molar-refractivity contribution >= 4 is 5.91 Å². The molecular formula is C17H16N2O3. The summed E-state index contributed by atoms with van der Waals surface area (Å²) in [4.78, 5) is 11.9. The van der Waals surface area contributed by atoms with Gasteiger partial charge in [-0.25, -0.2) is 0 Å². The first-order valence-electron chi connectivity index (χ1n) is 7.10. The van der Waals surface area contributed by atoms with Gasteiger partial charge in [0.05, 0.1) is 12.8 Å². The van der Waals surface area contributed by atoms with Crippen molar-refractivity contribution < 1.29 is 13.7 Å². The first-order valence-corrected chi connectivity index (χ1v) is 7.10. The van der Waals surface area contributed by atoms with E-state index in [9.17, 15) is 4.79 Å². The zero-order chi connectivity index (χ0) is 15.2. The van der Waals surface area contributed by atoms with E-state index in [1.54, 1.807) is 18.6 Å². The summed E-state index contributed by atoms with van der Waals surface area (Å²) in [7, 11) is 0. The molecule has 0 atom stereocenters. The van der Waals surface area contributed by atoms with Gasteiger partial charge in [0.25, 0.3) is 0 Å². The Morgan fingerprint density at radius 1 is 1.14 bits per heavy atom. The number of rotatable bonds is 6. The van der Waals surface area contributed by atoms with E-state index in [1.807, 2.05) is 36.4 Å². The lowest BCUT2D eigenvalue weighted by Crippen LogP contribution is -2.22. The van der Waals surface area contributed by atoms with E-state index in [0.29, 0.717) is 19.4 Å². The average molecular weight is 296 g/mol. The third kappa shape index (κ3) is 3.44. The van der Waals surface area contributed by atoms with Crippen LogP contribution in [0, 0.1) is 0 Å². The molecule has 0 spiro atoms. The lowest BCUT2D eigenvalue weighted by atomic mass is 10.0. The fraction of sp³-hybridized carbons (Fsp3) is 0.176. The van der Waals surface area contributed by atoms with Crippen molar-refractivity contribution in [1.82, 2.24) is 10.5 Å². The molecule has 3 aromatic rings. The minimum absolute atomic E-state index is 0.0309. The highest BCUT2D eigenvalue weighted by Crippen LogP contribution is 2.22. The standard InChI is InChI=1S/C17H16N2O3/c20-16(18-11-15-7-4-10-21-15)9-8-14-12-22-19-17(14)13-5-2-1-3-6-13/h1-7,10,12H,8-9,11H2,(H,18,20). The summed E-state index contributed by atoms with van der Waals surface area (Å²) in [5.41, 5.74) is 2.71. The first kappa shape index (κ1) is 14.1. The second kappa shape index (κ2) is 6.76. The fourth-order valence-electron chi connectivity index (χ4n) is 2.20. The summed E-state index contributed by atoms with van der Waals surface area (Å²) in [5.74, 6) is 0.708. The quantitative estimate of drug-likeness (QED) is 0.758. The molecule has 0 aliphatic heterocycles. The molecule has 0 saturated heterocycles. The Labute approximate surface area is 127 Å². The largest absolute Gasteiger partial charge is 0.467 e. The maximum atomic E-state index is 11.9. The van der Waals surface area contributed by atoms with Gasteiger partial charge in [-0.05, 0) is 18.6 Å². The van der Waals surface area contributed by atoms with Crippen molar-refractivity contribution in [2.45, 2.75) is 19.4 Å². The second-order valence-corrected chi connectivity index (χ2v) is 4.91. The molecule has 22 heavy (non-hydrogen) atoms. The third-order valence-corrected chi connectivity index (χ3v) is 3.35. The third-order valence-electron chi connectivity index (χ3n) is 3.35. The lowest BCUT2D eigenvalue weighted by Gasteiger charge is -2.03. The van der Waals surface area contributed by atoms with Gasteiger partial charge in [0, 0.05) is 17.5 Å². The average Bonchev–Trinajstić information content (AvgIpc) is 3.23. The molecule has 0 saturated carbocycles. The Balaban J connectivity index is 1.56. The summed E-state index contributed by atoms with van der Waals surface area (Å²) >= 11 is 0. The zero-order valence-corrected chi connectivity index (χ0v) is 12.0. The summed E-state index contributed by atoms with van der Waals surface area (Å²) in [5, 5.41) is 6.85.